The van der Waals surface area contributed by atoms with Crippen molar-refractivity contribution in [2.75, 3.05) is 13.2 Å². The van der Waals surface area contributed by atoms with E-state index in [1.807, 2.05) is 0 Å². The molecular formula is C36H70O4. The smallest absolute Gasteiger partial charge is 0.306 e. The lowest BCUT2D eigenvalue weighted by Crippen LogP contribution is -2.12. The van der Waals surface area contributed by atoms with E-state index in [1.54, 1.807) is 0 Å². The fourth-order valence-corrected chi connectivity index (χ4v) is 5.32. The van der Waals surface area contributed by atoms with Crippen LogP contribution in [0.1, 0.15) is 189 Å². The van der Waals surface area contributed by atoms with Gasteiger partial charge in [0.25, 0.3) is 0 Å². The summed E-state index contributed by atoms with van der Waals surface area (Å²) in [6.07, 6.45) is 28.3. The van der Waals surface area contributed by atoms with Gasteiger partial charge in [-0.2, -0.15) is 0 Å². The highest BCUT2D eigenvalue weighted by molar-refractivity contribution is 5.69. The topological polar surface area (TPSA) is 52.6 Å². The van der Waals surface area contributed by atoms with Gasteiger partial charge in [0, 0.05) is 12.8 Å². The van der Waals surface area contributed by atoms with Gasteiger partial charge in [-0.25, -0.2) is 0 Å². The fraction of sp³-hybridized carbons (Fsp3) is 0.944. The molecule has 0 amide bonds. The monoisotopic (exact) mass is 567 g/mol. The zero-order valence-corrected chi connectivity index (χ0v) is 27.7. The van der Waals surface area contributed by atoms with Crippen LogP contribution in [0, 0.1) is 17.8 Å². The Kier molecular flexibility index (Phi) is 28.7. The lowest BCUT2D eigenvalue weighted by atomic mass is 9.95. The van der Waals surface area contributed by atoms with Gasteiger partial charge in [-0.05, 0) is 56.3 Å². The largest absolute Gasteiger partial charge is 0.466 e. The van der Waals surface area contributed by atoms with Crippen LogP contribution in [0.25, 0.3) is 0 Å². The van der Waals surface area contributed by atoms with Crippen molar-refractivity contribution in [2.24, 2.45) is 17.8 Å². The Morgan fingerprint density at radius 3 is 1.27 bits per heavy atom. The molecule has 0 aliphatic carbocycles. The first kappa shape index (κ1) is 38.9. The van der Waals surface area contributed by atoms with E-state index < -0.39 is 0 Å². The minimum Gasteiger partial charge on any atom is -0.466 e. The molecule has 0 aliphatic rings. The van der Waals surface area contributed by atoms with Gasteiger partial charge in [-0.1, -0.05) is 137 Å². The van der Waals surface area contributed by atoms with E-state index in [4.69, 9.17) is 9.47 Å². The standard InChI is InChI=1S/C36H70O4/c1-6-34(31-36(38)40-30-24-22-26-33(4)5)27-19-17-15-13-11-9-7-8-10-12-14-16-18-20-28-35(37)39-29-23-21-25-32(2)3/h32-34H,6-31H2,1-5H3. The molecule has 0 bridgehead atoms. The molecule has 0 saturated carbocycles. The molecule has 1 unspecified atom stereocenters. The van der Waals surface area contributed by atoms with Crippen molar-refractivity contribution < 1.29 is 19.1 Å². The summed E-state index contributed by atoms with van der Waals surface area (Å²) in [5.74, 6) is 1.97. The minimum absolute atomic E-state index is 0.00475. The van der Waals surface area contributed by atoms with E-state index >= 15 is 0 Å². The highest BCUT2D eigenvalue weighted by Crippen LogP contribution is 2.20. The number of unbranched alkanes of at least 4 members (excludes halogenated alkanes) is 15. The normalized spacial score (nSPS) is 12.3. The van der Waals surface area contributed by atoms with Crippen LogP contribution in [0.15, 0.2) is 0 Å². The highest BCUT2D eigenvalue weighted by atomic mass is 16.5. The first-order valence-electron chi connectivity index (χ1n) is 17.7. The summed E-state index contributed by atoms with van der Waals surface area (Å²) in [6, 6.07) is 0. The van der Waals surface area contributed by atoms with Crippen LogP contribution in [-0.4, -0.2) is 25.2 Å². The third-order valence-corrected chi connectivity index (χ3v) is 8.15. The summed E-state index contributed by atoms with van der Waals surface area (Å²) in [4.78, 5) is 23.9. The molecule has 0 radical (unpaired) electrons. The van der Waals surface area contributed by atoms with E-state index in [0.29, 0.717) is 32.0 Å². The second-order valence-electron chi connectivity index (χ2n) is 13.2. The molecule has 0 heterocycles. The lowest BCUT2D eigenvalue weighted by molar-refractivity contribution is -0.145. The quantitative estimate of drug-likeness (QED) is 0.0641. The molecule has 0 fully saturated rings. The highest BCUT2D eigenvalue weighted by Gasteiger charge is 2.13. The molecule has 1 atom stereocenters. The third kappa shape index (κ3) is 29.9. The van der Waals surface area contributed by atoms with Crippen molar-refractivity contribution in [1.29, 1.82) is 0 Å². The van der Waals surface area contributed by atoms with Crippen LogP contribution in [0.4, 0.5) is 0 Å². The van der Waals surface area contributed by atoms with E-state index in [0.717, 1.165) is 56.8 Å². The van der Waals surface area contributed by atoms with Crippen molar-refractivity contribution in [3.05, 3.63) is 0 Å². The minimum atomic E-state index is -0.00475. The Balaban J connectivity index is 3.38. The SMILES string of the molecule is CCC(CCCCCCCCCCCCCCCCC(=O)OCCCCC(C)C)CC(=O)OCCCCC(C)C. The number of carbonyl (C=O) groups is 2. The van der Waals surface area contributed by atoms with Crippen molar-refractivity contribution in [1.82, 2.24) is 0 Å². The van der Waals surface area contributed by atoms with E-state index in [1.165, 1.54) is 96.3 Å². The second kappa shape index (κ2) is 29.4. The van der Waals surface area contributed by atoms with Gasteiger partial charge in [0.1, 0.15) is 0 Å². The maximum absolute atomic E-state index is 12.1. The molecule has 0 aromatic carbocycles. The number of hydrogen-bond acceptors (Lipinski definition) is 4. The van der Waals surface area contributed by atoms with Gasteiger partial charge < -0.3 is 9.47 Å². The first-order chi connectivity index (χ1) is 19.3. The summed E-state index contributed by atoms with van der Waals surface area (Å²) in [7, 11) is 0. The second-order valence-corrected chi connectivity index (χ2v) is 13.2. The van der Waals surface area contributed by atoms with Crippen LogP contribution >= 0.6 is 0 Å². The van der Waals surface area contributed by atoms with Crippen LogP contribution in [0.5, 0.6) is 0 Å². The zero-order valence-electron chi connectivity index (χ0n) is 27.7. The van der Waals surface area contributed by atoms with E-state index in [-0.39, 0.29) is 11.9 Å². The lowest BCUT2D eigenvalue weighted by Gasteiger charge is -2.14. The average Bonchev–Trinajstić information content (AvgIpc) is 2.91. The Bertz CT molecular complexity index is 557. The van der Waals surface area contributed by atoms with Gasteiger partial charge in [0.15, 0.2) is 0 Å². The molecule has 0 aromatic rings. The number of rotatable bonds is 30. The summed E-state index contributed by atoms with van der Waals surface area (Å²) in [5.41, 5.74) is 0. The van der Waals surface area contributed by atoms with Crippen LogP contribution in [0.3, 0.4) is 0 Å². The van der Waals surface area contributed by atoms with Crippen LogP contribution < -0.4 is 0 Å². The Morgan fingerprint density at radius 2 is 0.850 bits per heavy atom. The van der Waals surface area contributed by atoms with Gasteiger partial charge in [0.05, 0.1) is 13.2 Å². The summed E-state index contributed by atoms with van der Waals surface area (Å²) in [6.45, 7) is 12.4. The third-order valence-electron chi connectivity index (χ3n) is 8.15. The number of carbonyl (C=O) groups excluding carboxylic acids is 2. The van der Waals surface area contributed by atoms with Gasteiger partial charge in [-0.15, -0.1) is 0 Å². The summed E-state index contributed by atoms with van der Waals surface area (Å²) in [5, 5.41) is 0. The number of esters is 2. The Labute approximate surface area is 250 Å². The number of ether oxygens (including phenoxy) is 2. The molecular weight excluding hydrogens is 496 g/mol. The van der Waals surface area contributed by atoms with Crippen molar-refractivity contribution in [3.8, 4) is 0 Å². The van der Waals surface area contributed by atoms with Gasteiger partial charge >= 0.3 is 11.9 Å². The Hall–Kier alpha value is -1.06. The Morgan fingerprint density at radius 1 is 0.475 bits per heavy atom. The van der Waals surface area contributed by atoms with Crippen molar-refractivity contribution in [2.45, 2.75) is 189 Å². The van der Waals surface area contributed by atoms with Crippen LogP contribution in [-0.2, 0) is 19.1 Å². The van der Waals surface area contributed by atoms with E-state index in [2.05, 4.69) is 34.6 Å². The molecule has 0 saturated heterocycles. The number of hydrogen-bond donors (Lipinski definition) is 0. The molecule has 40 heavy (non-hydrogen) atoms. The summed E-state index contributed by atoms with van der Waals surface area (Å²) >= 11 is 0. The summed E-state index contributed by atoms with van der Waals surface area (Å²) < 4.78 is 10.8. The molecule has 0 aromatic heterocycles. The van der Waals surface area contributed by atoms with Crippen molar-refractivity contribution >= 4 is 11.9 Å². The van der Waals surface area contributed by atoms with Gasteiger partial charge in [-0.3, -0.25) is 9.59 Å². The molecule has 0 N–H and O–H groups in total. The predicted molar refractivity (Wildman–Crippen MR) is 172 cm³/mol. The average molecular weight is 567 g/mol. The molecule has 0 spiro atoms. The maximum atomic E-state index is 12.1. The predicted octanol–water partition coefficient (Wildman–Crippen LogP) is 11.4. The first-order valence-corrected chi connectivity index (χ1v) is 17.7. The van der Waals surface area contributed by atoms with Gasteiger partial charge in [0.2, 0.25) is 0 Å². The molecule has 0 rings (SSSR count). The molecule has 4 heteroatoms. The van der Waals surface area contributed by atoms with Crippen molar-refractivity contribution in [3.63, 3.8) is 0 Å². The zero-order chi connectivity index (χ0) is 29.7. The maximum Gasteiger partial charge on any atom is 0.306 e. The molecule has 0 aliphatic heterocycles. The fourth-order valence-electron chi connectivity index (χ4n) is 5.32. The van der Waals surface area contributed by atoms with Crippen LogP contribution in [0.2, 0.25) is 0 Å². The molecule has 238 valence electrons. The van der Waals surface area contributed by atoms with E-state index in [9.17, 15) is 9.59 Å². The molecule has 4 nitrogen and oxygen atoms in total.